The molecule has 0 unspecified atom stereocenters. The first kappa shape index (κ1) is 32.8. The van der Waals surface area contributed by atoms with E-state index >= 15 is 0 Å². The van der Waals surface area contributed by atoms with Crippen LogP contribution in [0.3, 0.4) is 0 Å². The Morgan fingerprint density at radius 3 is 2.21 bits per heavy atom. The monoisotopic (exact) mass is 955 g/mol. The number of aromatic nitrogens is 3. The topological polar surface area (TPSA) is 30.7 Å². The van der Waals surface area contributed by atoms with Crippen molar-refractivity contribution in [1.29, 1.82) is 0 Å². The number of pyridine rings is 1. The second-order valence-electron chi connectivity index (χ2n) is 16.1. The van der Waals surface area contributed by atoms with Gasteiger partial charge in [0, 0.05) is 46.3 Å². The van der Waals surface area contributed by atoms with Gasteiger partial charge in [0.05, 0.1) is 24.9 Å². The minimum absolute atomic E-state index is 0. The molecule has 56 heavy (non-hydrogen) atoms. The molecule has 0 aliphatic heterocycles. The van der Waals surface area contributed by atoms with Gasteiger partial charge >= 0.3 is 0 Å². The molecular weight excluding hydrogens is 895 g/mol. The average Bonchev–Trinajstić information content (AvgIpc) is 3.77. The quantitative estimate of drug-likeness (QED) is 0.112. The smallest absolute Gasteiger partial charge is 0.0798 e. The van der Waals surface area contributed by atoms with Gasteiger partial charge in [0.15, 0.2) is 0 Å². The molecule has 0 atom stereocenters. The van der Waals surface area contributed by atoms with Crippen LogP contribution in [0.5, 0.6) is 0 Å². The van der Waals surface area contributed by atoms with E-state index in [0.29, 0.717) is 28.7 Å². The fourth-order valence-corrected chi connectivity index (χ4v) is 9.59. The predicted molar refractivity (Wildman–Crippen MR) is 241 cm³/mol. The first-order chi connectivity index (χ1) is 29.1. The van der Waals surface area contributed by atoms with Crippen molar-refractivity contribution in [2.24, 2.45) is 5.92 Å². The van der Waals surface area contributed by atoms with Crippen molar-refractivity contribution in [3.05, 3.63) is 144 Å². The van der Waals surface area contributed by atoms with Gasteiger partial charge in [-0.2, -0.15) is 11.3 Å². The van der Waals surface area contributed by atoms with Crippen molar-refractivity contribution in [2.75, 3.05) is 0 Å². The van der Waals surface area contributed by atoms with Crippen molar-refractivity contribution in [3.8, 4) is 28.3 Å². The van der Waals surface area contributed by atoms with Crippen LogP contribution in [0.2, 0.25) is 19.6 Å². The molecule has 0 N–H and O–H groups in total. The number of imidazole rings is 1. The Morgan fingerprint density at radius 1 is 0.821 bits per heavy atom. The van der Waals surface area contributed by atoms with Gasteiger partial charge in [-0.25, -0.2) is 0 Å². The molecule has 6 heteroatoms. The van der Waals surface area contributed by atoms with Crippen molar-refractivity contribution in [2.45, 2.75) is 86.2 Å². The van der Waals surface area contributed by atoms with Gasteiger partial charge < -0.3 is 9.55 Å². The molecule has 0 amide bonds. The van der Waals surface area contributed by atoms with Gasteiger partial charge in [0.25, 0.3) is 0 Å². The van der Waals surface area contributed by atoms with Gasteiger partial charge in [-0.3, -0.25) is 4.98 Å². The third kappa shape index (κ3) is 8.55. The number of fused-ring (bicyclic) bond motifs is 4. The van der Waals surface area contributed by atoms with E-state index in [4.69, 9.17) is 14.6 Å². The van der Waals surface area contributed by atoms with Crippen LogP contribution < -0.4 is 5.19 Å². The molecule has 3 heterocycles. The van der Waals surface area contributed by atoms with Crippen molar-refractivity contribution >= 4 is 55.8 Å². The van der Waals surface area contributed by atoms with E-state index in [0.717, 1.165) is 27.6 Å². The third-order valence-corrected chi connectivity index (χ3v) is 12.9. The number of benzene rings is 5. The Balaban J connectivity index is 0.000000211. The van der Waals surface area contributed by atoms with E-state index in [1.165, 1.54) is 43.1 Å². The van der Waals surface area contributed by atoms with Crippen LogP contribution in [0.1, 0.15) is 85.2 Å². The summed E-state index contributed by atoms with van der Waals surface area (Å²) in [6.07, 6.45) is 0.120. The third-order valence-electron chi connectivity index (χ3n) is 9.79. The van der Waals surface area contributed by atoms with Crippen LogP contribution in [0.15, 0.2) is 109 Å². The summed E-state index contributed by atoms with van der Waals surface area (Å²) in [4.78, 5) is 9.62. The Hall–Kier alpha value is -4.19. The number of thiophene rings is 1. The number of hydrogen-bond donors (Lipinski definition) is 0. The Morgan fingerprint density at radius 2 is 1.54 bits per heavy atom. The first-order valence-electron chi connectivity index (χ1n) is 22.6. The molecular formula is C50H53IrN3SSi-2. The second-order valence-corrected chi connectivity index (χ2v) is 22.2. The van der Waals surface area contributed by atoms with Crippen molar-refractivity contribution < 1.29 is 29.7 Å². The van der Waals surface area contributed by atoms with Gasteiger partial charge in [0.2, 0.25) is 0 Å². The summed E-state index contributed by atoms with van der Waals surface area (Å²) in [5, 5.41) is 3.49. The SMILES string of the molecule is CC(C)c1cccc(C(C)C)c1-n1c(-c2[c-]cc3sc4ccccc4c3c2)nc2ccccc21.[2H]c1[c-]c(-c2cc(C([2H])([2H])C(C)C)c([Si](C)(C)C)cn2)cc([2H])c1C([2H])([2H])[2H].[Ir]. The zero-order chi connectivity index (χ0) is 45.1. The zero-order valence-electron chi connectivity index (χ0n) is 40.6. The molecule has 0 saturated carbocycles. The number of nitrogens with zero attached hydrogens (tertiary/aromatic N) is 3. The summed E-state index contributed by atoms with van der Waals surface area (Å²) in [5.41, 5.74) is 8.07. The molecule has 0 bridgehead atoms. The predicted octanol–water partition coefficient (Wildman–Crippen LogP) is 13.7. The first-order valence-corrected chi connectivity index (χ1v) is 23.4. The van der Waals surface area contributed by atoms with Crippen LogP contribution in [-0.4, -0.2) is 22.6 Å². The number of rotatable bonds is 8. The minimum atomic E-state index is -2.56. The molecule has 0 spiro atoms. The maximum absolute atomic E-state index is 8.60. The van der Waals surface area contributed by atoms with E-state index < -0.39 is 21.3 Å². The fraction of sp³-hybridized carbons (Fsp3) is 0.280. The Labute approximate surface area is 362 Å². The van der Waals surface area contributed by atoms with E-state index in [9.17, 15) is 0 Å². The van der Waals surface area contributed by atoms with Gasteiger partial charge in [-0.05, 0) is 74.4 Å². The molecule has 0 aliphatic rings. The summed E-state index contributed by atoms with van der Waals surface area (Å²) < 4.78 is 60.7. The van der Waals surface area contributed by atoms with Crippen LogP contribution >= 0.6 is 11.3 Å². The van der Waals surface area contributed by atoms with Crippen LogP contribution in [0, 0.1) is 24.9 Å². The summed E-state index contributed by atoms with van der Waals surface area (Å²) in [5.74, 6) is 1.50. The molecule has 0 aliphatic carbocycles. The molecule has 8 aromatic rings. The number of hydrogen-bond acceptors (Lipinski definition) is 3. The maximum Gasteiger partial charge on any atom is 0.0798 e. The number of para-hydroxylation sites is 3. The fourth-order valence-electron chi connectivity index (χ4n) is 7.12. The molecule has 3 nitrogen and oxygen atoms in total. The van der Waals surface area contributed by atoms with E-state index in [1.807, 2.05) is 25.2 Å². The average molecular weight is 955 g/mol. The molecule has 5 aromatic carbocycles. The van der Waals surface area contributed by atoms with Crippen LogP contribution in [-0.2, 0) is 26.5 Å². The molecule has 0 fully saturated rings. The van der Waals surface area contributed by atoms with E-state index in [1.54, 1.807) is 12.3 Å². The largest absolute Gasteiger partial charge is 0.333 e. The molecule has 3 aromatic heterocycles. The van der Waals surface area contributed by atoms with Gasteiger partial charge in [-0.15, -0.1) is 59.1 Å². The molecule has 1 radical (unpaired) electrons. The summed E-state index contributed by atoms with van der Waals surface area (Å²) in [7, 11) is -1.87. The molecule has 8 rings (SSSR count). The Kier molecular flexibility index (Phi) is 10.0. The Bertz CT molecular complexity index is 2900. The van der Waals surface area contributed by atoms with Crippen LogP contribution in [0.25, 0.3) is 59.5 Å². The minimum Gasteiger partial charge on any atom is -0.333 e. The maximum atomic E-state index is 8.60. The summed E-state index contributed by atoms with van der Waals surface area (Å²) in [6, 6.07) is 37.0. The summed E-state index contributed by atoms with van der Waals surface area (Å²) in [6.45, 7) is 16.6. The second kappa shape index (κ2) is 17.1. The van der Waals surface area contributed by atoms with Crippen molar-refractivity contribution in [1.82, 2.24) is 14.5 Å². The van der Waals surface area contributed by atoms with E-state index in [2.05, 4.69) is 148 Å². The summed E-state index contributed by atoms with van der Waals surface area (Å²) >= 11 is 1.83. The normalized spacial score (nSPS) is 14.1. The van der Waals surface area contributed by atoms with Crippen molar-refractivity contribution in [3.63, 3.8) is 0 Å². The zero-order valence-corrected chi connectivity index (χ0v) is 37.8. The van der Waals surface area contributed by atoms with Gasteiger partial charge in [-0.1, -0.05) is 134 Å². The van der Waals surface area contributed by atoms with Gasteiger partial charge in [0.1, 0.15) is 0 Å². The molecule has 0 saturated heterocycles. The van der Waals surface area contributed by atoms with E-state index in [-0.39, 0.29) is 43.7 Å². The standard InChI is InChI=1S/C31H27N2S.C19H26NSi.Ir/c1-19(2)22-11-9-12-23(20(3)4)30(22)33-27-14-7-6-13-26(27)32-31(33)21-16-17-29-25(18-21)24-10-5-8-15-28(24)34-29;1-14(2)11-17-12-18(16-9-7-15(3)8-10-16)20-13-19(17)21(4,5)6;/h5-15,17-20H,1-4H3;7-9,12-14H,11H2,1-6H3;/q2*-1;/i;3D3,7D,8D,11D2;. The van der Waals surface area contributed by atoms with Crippen LogP contribution in [0.4, 0.5) is 0 Å². The molecule has 289 valence electrons.